The van der Waals surface area contributed by atoms with Crippen molar-refractivity contribution in [1.29, 1.82) is 0 Å². The van der Waals surface area contributed by atoms with E-state index >= 15 is 0 Å². The normalized spacial score (nSPS) is 10.3. The highest BCUT2D eigenvalue weighted by atomic mass is 79.9. The van der Waals surface area contributed by atoms with Gasteiger partial charge in [-0.3, -0.25) is 19.3 Å². The highest BCUT2D eigenvalue weighted by Crippen LogP contribution is 2.29. The highest BCUT2D eigenvalue weighted by molar-refractivity contribution is 9.10. The van der Waals surface area contributed by atoms with Crippen molar-refractivity contribution in [2.24, 2.45) is 0 Å². The predicted molar refractivity (Wildman–Crippen MR) is 75.5 cm³/mol. The summed E-state index contributed by atoms with van der Waals surface area (Å²) in [5.74, 6) is 0.971. The molecule has 0 aliphatic heterocycles. The molecule has 0 fully saturated rings. The van der Waals surface area contributed by atoms with E-state index < -0.39 is 11.2 Å². The third-order valence-electron chi connectivity index (χ3n) is 2.65. The minimum atomic E-state index is -0.523. The lowest BCUT2D eigenvalue weighted by Crippen LogP contribution is -2.30. The molecule has 0 radical (unpaired) electrons. The van der Waals surface area contributed by atoms with Crippen LogP contribution in [0, 0.1) is 0 Å². The molecule has 7 nitrogen and oxygen atoms in total. The monoisotopic (exact) mass is 341 g/mol. The van der Waals surface area contributed by atoms with Crippen molar-refractivity contribution < 1.29 is 9.47 Å². The number of aromatic nitrogens is 3. The molecule has 0 saturated heterocycles. The first-order valence-corrected chi connectivity index (χ1v) is 6.41. The summed E-state index contributed by atoms with van der Waals surface area (Å²) in [5.41, 5.74) is -0.477. The van der Waals surface area contributed by atoms with Gasteiger partial charge in [0.15, 0.2) is 11.5 Å². The Balaban J connectivity index is 2.48. The molecule has 2 aromatic rings. The molecule has 0 unspecified atom stereocenters. The fraction of sp³-hybridized carbons (Fsp3) is 0.250. The molecule has 0 aromatic carbocycles. The number of aromatic amines is 1. The van der Waals surface area contributed by atoms with Crippen LogP contribution < -0.4 is 20.7 Å². The quantitative estimate of drug-likeness (QED) is 0.887. The van der Waals surface area contributed by atoms with E-state index in [1.165, 1.54) is 25.0 Å². The summed E-state index contributed by atoms with van der Waals surface area (Å²) in [4.78, 5) is 29.4. The van der Waals surface area contributed by atoms with Crippen LogP contribution in [0.25, 0.3) is 0 Å². The van der Waals surface area contributed by atoms with E-state index in [9.17, 15) is 9.59 Å². The number of pyridine rings is 1. The average molecular weight is 342 g/mol. The smallest absolute Gasteiger partial charge is 0.328 e. The van der Waals surface area contributed by atoms with E-state index in [1.54, 1.807) is 12.3 Å². The zero-order valence-electron chi connectivity index (χ0n) is 10.8. The Hall–Kier alpha value is -2.09. The van der Waals surface area contributed by atoms with Crippen LogP contribution in [0.5, 0.6) is 11.5 Å². The van der Waals surface area contributed by atoms with Crippen LogP contribution in [0.2, 0.25) is 0 Å². The van der Waals surface area contributed by atoms with Gasteiger partial charge < -0.3 is 9.47 Å². The molecular formula is C12H12BrN3O4. The number of nitrogens with zero attached hydrogens (tertiary/aromatic N) is 2. The highest BCUT2D eigenvalue weighted by Gasteiger charge is 2.12. The maximum atomic E-state index is 11.7. The second-order valence-corrected chi connectivity index (χ2v) is 4.71. The van der Waals surface area contributed by atoms with Gasteiger partial charge in [-0.15, -0.1) is 0 Å². The van der Waals surface area contributed by atoms with Crippen molar-refractivity contribution in [1.82, 2.24) is 14.5 Å². The van der Waals surface area contributed by atoms with Crippen LogP contribution >= 0.6 is 15.9 Å². The van der Waals surface area contributed by atoms with Gasteiger partial charge in [0.1, 0.15) is 5.69 Å². The molecule has 0 spiro atoms. The van der Waals surface area contributed by atoms with Gasteiger partial charge in [0.25, 0.3) is 5.56 Å². The molecule has 0 bridgehead atoms. The van der Waals surface area contributed by atoms with Crippen molar-refractivity contribution in [3.8, 4) is 11.5 Å². The number of H-pyrrole nitrogens is 1. The minimum absolute atomic E-state index is 0.147. The Morgan fingerprint density at radius 2 is 2.10 bits per heavy atom. The summed E-state index contributed by atoms with van der Waals surface area (Å²) in [6, 6.07) is 1.66. The van der Waals surface area contributed by atoms with Gasteiger partial charge >= 0.3 is 5.69 Å². The minimum Gasteiger partial charge on any atom is -0.493 e. The summed E-state index contributed by atoms with van der Waals surface area (Å²) in [5, 5.41) is 0. The number of ether oxygens (including phenoxy) is 2. The summed E-state index contributed by atoms with van der Waals surface area (Å²) in [6.45, 7) is 0.147. The number of methoxy groups -OCH3 is 2. The van der Waals surface area contributed by atoms with E-state index in [0.29, 0.717) is 17.2 Å². The Labute approximate surface area is 122 Å². The zero-order valence-corrected chi connectivity index (χ0v) is 12.4. The fourth-order valence-electron chi connectivity index (χ4n) is 1.72. The van der Waals surface area contributed by atoms with Crippen molar-refractivity contribution >= 4 is 15.9 Å². The summed E-state index contributed by atoms with van der Waals surface area (Å²) < 4.78 is 12.0. The van der Waals surface area contributed by atoms with E-state index in [4.69, 9.17) is 9.47 Å². The van der Waals surface area contributed by atoms with Crippen LogP contribution in [-0.4, -0.2) is 28.8 Å². The average Bonchev–Trinajstić information content (AvgIpc) is 2.44. The van der Waals surface area contributed by atoms with Gasteiger partial charge in [0.2, 0.25) is 0 Å². The Bertz CT molecular complexity index is 738. The van der Waals surface area contributed by atoms with Crippen molar-refractivity contribution in [3.05, 3.63) is 49.5 Å². The molecule has 1 N–H and O–H groups in total. The number of halogens is 1. The second kappa shape index (κ2) is 5.91. The lowest BCUT2D eigenvalue weighted by Gasteiger charge is -2.12. The molecule has 0 saturated carbocycles. The maximum Gasteiger partial charge on any atom is 0.328 e. The first-order chi connectivity index (χ1) is 9.56. The third kappa shape index (κ3) is 2.74. The number of hydrogen-bond donors (Lipinski definition) is 1. The van der Waals surface area contributed by atoms with Crippen LogP contribution in [0.15, 0.2) is 32.5 Å². The molecule has 0 atom stereocenters. The first kappa shape index (κ1) is 14.3. The standard InChI is InChI=1S/C12H12BrN3O4/c1-19-9-3-4-14-8(10(9)20-2)6-16-5-7(13)11(17)15-12(16)18/h3-5H,6H2,1-2H3,(H,15,17,18). The molecule has 0 aliphatic rings. The molecular weight excluding hydrogens is 330 g/mol. The van der Waals surface area contributed by atoms with E-state index in [-0.39, 0.29) is 11.0 Å². The van der Waals surface area contributed by atoms with E-state index in [2.05, 4.69) is 25.9 Å². The zero-order chi connectivity index (χ0) is 14.7. The predicted octanol–water partition coefficient (Wildman–Crippen LogP) is 0.760. The van der Waals surface area contributed by atoms with Crippen molar-refractivity contribution in [2.75, 3.05) is 14.2 Å². The molecule has 20 heavy (non-hydrogen) atoms. The van der Waals surface area contributed by atoms with Gasteiger partial charge in [-0.2, -0.15) is 0 Å². The molecule has 2 heterocycles. The number of hydrogen-bond acceptors (Lipinski definition) is 5. The third-order valence-corrected chi connectivity index (χ3v) is 3.22. The molecule has 2 aromatic heterocycles. The van der Waals surface area contributed by atoms with Crippen molar-refractivity contribution in [3.63, 3.8) is 0 Å². The summed E-state index contributed by atoms with van der Waals surface area (Å²) >= 11 is 3.08. The first-order valence-electron chi connectivity index (χ1n) is 5.62. The summed E-state index contributed by atoms with van der Waals surface area (Å²) in [6.07, 6.45) is 2.96. The Kier molecular flexibility index (Phi) is 4.23. The summed E-state index contributed by atoms with van der Waals surface area (Å²) in [7, 11) is 3.01. The van der Waals surface area contributed by atoms with Crippen LogP contribution in [-0.2, 0) is 6.54 Å². The molecule has 8 heteroatoms. The number of rotatable bonds is 4. The van der Waals surface area contributed by atoms with Crippen LogP contribution in [0.1, 0.15) is 5.69 Å². The lowest BCUT2D eigenvalue weighted by molar-refractivity contribution is 0.348. The molecule has 106 valence electrons. The molecule has 0 amide bonds. The SMILES string of the molecule is COc1ccnc(Cn2cc(Br)c(=O)[nH]c2=O)c1OC. The fourth-order valence-corrected chi connectivity index (χ4v) is 2.07. The Morgan fingerprint density at radius 1 is 1.35 bits per heavy atom. The maximum absolute atomic E-state index is 11.7. The lowest BCUT2D eigenvalue weighted by atomic mass is 10.3. The largest absolute Gasteiger partial charge is 0.493 e. The number of nitrogens with one attached hydrogen (secondary N) is 1. The van der Waals surface area contributed by atoms with E-state index in [1.807, 2.05) is 0 Å². The van der Waals surface area contributed by atoms with Crippen molar-refractivity contribution in [2.45, 2.75) is 6.54 Å². The molecule has 0 aliphatic carbocycles. The second-order valence-electron chi connectivity index (χ2n) is 3.86. The van der Waals surface area contributed by atoms with Gasteiger partial charge in [-0.25, -0.2) is 4.79 Å². The van der Waals surface area contributed by atoms with Gasteiger partial charge in [-0.1, -0.05) is 0 Å². The molecule has 2 rings (SSSR count). The van der Waals surface area contributed by atoms with E-state index in [0.717, 1.165) is 0 Å². The van der Waals surface area contributed by atoms with Gasteiger partial charge in [0, 0.05) is 18.5 Å². The Morgan fingerprint density at radius 3 is 2.75 bits per heavy atom. The van der Waals surface area contributed by atoms with Crippen LogP contribution in [0.4, 0.5) is 0 Å². The van der Waals surface area contributed by atoms with Gasteiger partial charge in [-0.05, 0) is 15.9 Å². The van der Waals surface area contributed by atoms with Crippen LogP contribution in [0.3, 0.4) is 0 Å². The van der Waals surface area contributed by atoms with Gasteiger partial charge in [0.05, 0.1) is 25.2 Å². The topological polar surface area (TPSA) is 86.2 Å².